The summed E-state index contributed by atoms with van der Waals surface area (Å²) in [6, 6.07) is 0.595. The Kier molecular flexibility index (Phi) is 6.96. The zero-order chi connectivity index (χ0) is 11.8. The lowest BCUT2D eigenvalue weighted by molar-refractivity contribution is 0.0238. The number of nitrogens with one attached hydrogen (secondary N) is 1. The summed E-state index contributed by atoms with van der Waals surface area (Å²) in [7, 11) is 2.06. The lowest BCUT2D eigenvalue weighted by atomic mass is 10.0. The van der Waals surface area contributed by atoms with Crippen molar-refractivity contribution in [3.8, 4) is 0 Å². The molecule has 2 atom stereocenters. The van der Waals surface area contributed by atoms with Crippen LogP contribution in [-0.2, 0) is 4.74 Å². The molecule has 1 heterocycles. The van der Waals surface area contributed by atoms with E-state index in [9.17, 15) is 5.11 Å². The number of hydrogen-bond donors (Lipinski definition) is 2. The Balaban J connectivity index is 2.11. The Hall–Kier alpha value is -0.160. The summed E-state index contributed by atoms with van der Waals surface area (Å²) < 4.78 is 5.19. The van der Waals surface area contributed by atoms with Crippen molar-refractivity contribution < 1.29 is 9.84 Å². The topological polar surface area (TPSA) is 44.7 Å². The minimum atomic E-state index is -0.367. The fourth-order valence-electron chi connectivity index (χ4n) is 2.20. The maximum atomic E-state index is 9.69. The molecule has 1 rings (SSSR count). The van der Waals surface area contributed by atoms with Gasteiger partial charge in [0.1, 0.15) is 0 Å². The summed E-state index contributed by atoms with van der Waals surface area (Å²) in [6.45, 7) is 5.91. The molecule has 0 aromatic carbocycles. The lowest BCUT2D eigenvalue weighted by Gasteiger charge is -2.29. The molecule has 0 amide bonds. The molecular formula is C12H26N2O2. The van der Waals surface area contributed by atoms with E-state index in [1.165, 1.54) is 19.3 Å². The molecule has 0 spiro atoms. The molecule has 0 aliphatic carbocycles. The highest BCUT2D eigenvalue weighted by molar-refractivity contribution is 4.75. The second kappa shape index (κ2) is 8.01. The van der Waals surface area contributed by atoms with Gasteiger partial charge in [0, 0.05) is 25.7 Å². The summed E-state index contributed by atoms with van der Waals surface area (Å²) in [5.41, 5.74) is 0. The van der Waals surface area contributed by atoms with Gasteiger partial charge in [-0.25, -0.2) is 0 Å². The Morgan fingerprint density at radius 2 is 2.31 bits per heavy atom. The van der Waals surface area contributed by atoms with Crippen molar-refractivity contribution in [3.63, 3.8) is 0 Å². The van der Waals surface area contributed by atoms with Gasteiger partial charge in [-0.05, 0) is 33.4 Å². The van der Waals surface area contributed by atoms with Crippen LogP contribution in [-0.4, -0.2) is 62.0 Å². The van der Waals surface area contributed by atoms with Crippen molar-refractivity contribution in [2.24, 2.45) is 0 Å². The molecule has 1 saturated heterocycles. The number of aliphatic hydroxyl groups excluding tert-OH is 1. The van der Waals surface area contributed by atoms with Gasteiger partial charge >= 0.3 is 0 Å². The van der Waals surface area contributed by atoms with E-state index >= 15 is 0 Å². The first-order valence-corrected chi connectivity index (χ1v) is 6.40. The molecular weight excluding hydrogens is 204 g/mol. The smallest absolute Gasteiger partial charge is 0.0900 e. The fraction of sp³-hybridized carbons (Fsp3) is 1.00. The number of nitrogens with zero attached hydrogens (tertiary/aromatic N) is 1. The average molecular weight is 230 g/mol. The predicted octanol–water partition coefficient (Wildman–Crippen LogP) is 0.458. The predicted molar refractivity (Wildman–Crippen MR) is 65.6 cm³/mol. The van der Waals surface area contributed by atoms with E-state index in [4.69, 9.17) is 4.74 Å². The van der Waals surface area contributed by atoms with Gasteiger partial charge < -0.3 is 20.1 Å². The maximum Gasteiger partial charge on any atom is 0.0900 e. The zero-order valence-corrected chi connectivity index (χ0v) is 10.6. The molecule has 4 nitrogen and oxygen atoms in total. The highest BCUT2D eigenvalue weighted by Gasteiger charge is 2.16. The highest BCUT2D eigenvalue weighted by atomic mass is 16.5. The fourth-order valence-corrected chi connectivity index (χ4v) is 2.20. The first-order chi connectivity index (χ1) is 7.72. The van der Waals surface area contributed by atoms with E-state index in [2.05, 4.69) is 17.3 Å². The van der Waals surface area contributed by atoms with Gasteiger partial charge in [0.05, 0.1) is 12.7 Å². The normalized spacial score (nSPS) is 23.6. The van der Waals surface area contributed by atoms with Crippen molar-refractivity contribution >= 4 is 0 Å². The van der Waals surface area contributed by atoms with Gasteiger partial charge in [0.2, 0.25) is 0 Å². The minimum absolute atomic E-state index is 0.367. The summed E-state index contributed by atoms with van der Waals surface area (Å²) >= 11 is 0. The molecule has 0 aromatic heterocycles. The first-order valence-electron chi connectivity index (χ1n) is 6.40. The Morgan fingerprint density at radius 1 is 1.50 bits per heavy atom. The van der Waals surface area contributed by atoms with Gasteiger partial charge in [0.15, 0.2) is 0 Å². The summed E-state index contributed by atoms with van der Waals surface area (Å²) in [5, 5.41) is 13.2. The molecule has 16 heavy (non-hydrogen) atoms. The maximum absolute atomic E-state index is 9.69. The second-order valence-corrected chi connectivity index (χ2v) is 4.68. The number of aliphatic hydroxyl groups is 1. The van der Waals surface area contributed by atoms with Crippen LogP contribution in [0.4, 0.5) is 0 Å². The van der Waals surface area contributed by atoms with E-state index in [0.29, 0.717) is 25.8 Å². The lowest BCUT2D eigenvalue weighted by Crippen LogP contribution is -2.44. The Morgan fingerprint density at radius 3 is 2.94 bits per heavy atom. The van der Waals surface area contributed by atoms with Crippen molar-refractivity contribution in [1.29, 1.82) is 0 Å². The molecule has 4 heteroatoms. The minimum Gasteiger partial charge on any atom is -0.389 e. The third kappa shape index (κ3) is 5.80. The SMILES string of the molecule is CCOCC(O)CN(C)CC1CCCCN1. The van der Waals surface area contributed by atoms with Crippen LogP contribution in [0.1, 0.15) is 26.2 Å². The molecule has 0 aromatic rings. The van der Waals surface area contributed by atoms with E-state index in [-0.39, 0.29) is 6.10 Å². The Bertz CT molecular complexity index is 172. The van der Waals surface area contributed by atoms with Crippen molar-refractivity contribution in [1.82, 2.24) is 10.2 Å². The van der Waals surface area contributed by atoms with E-state index < -0.39 is 0 Å². The number of rotatable bonds is 7. The quantitative estimate of drug-likeness (QED) is 0.667. The highest BCUT2D eigenvalue weighted by Crippen LogP contribution is 2.07. The molecule has 0 radical (unpaired) electrons. The molecule has 1 fully saturated rings. The van der Waals surface area contributed by atoms with Gasteiger partial charge in [-0.3, -0.25) is 0 Å². The molecule has 2 N–H and O–H groups in total. The molecule has 2 unspecified atom stereocenters. The third-order valence-corrected chi connectivity index (χ3v) is 2.98. The number of ether oxygens (including phenoxy) is 1. The van der Waals surface area contributed by atoms with Crippen LogP contribution < -0.4 is 5.32 Å². The van der Waals surface area contributed by atoms with Crippen LogP contribution in [0, 0.1) is 0 Å². The van der Waals surface area contributed by atoms with Crippen LogP contribution in [0.25, 0.3) is 0 Å². The van der Waals surface area contributed by atoms with Crippen LogP contribution in [0.3, 0.4) is 0 Å². The van der Waals surface area contributed by atoms with Crippen LogP contribution in [0.2, 0.25) is 0 Å². The zero-order valence-electron chi connectivity index (χ0n) is 10.6. The first kappa shape index (κ1) is 13.9. The van der Waals surface area contributed by atoms with Gasteiger partial charge in [-0.15, -0.1) is 0 Å². The summed E-state index contributed by atoms with van der Waals surface area (Å²) in [4.78, 5) is 2.19. The van der Waals surface area contributed by atoms with Crippen molar-refractivity contribution in [3.05, 3.63) is 0 Å². The van der Waals surface area contributed by atoms with Crippen LogP contribution >= 0.6 is 0 Å². The number of piperidine rings is 1. The molecule has 0 bridgehead atoms. The summed E-state index contributed by atoms with van der Waals surface area (Å²) in [5.74, 6) is 0. The largest absolute Gasteiger partial charge is 0.389 e. The van der Waals surface area contributed by atoms with Crippen LogP contribution in [0.5, 0.6) is 0 Å². The molecule has 1 aliphatic heterocycles. The van der Waals surface area contributed by atoms with Crippen molar-refractivity contribution in [2.45, 2.75) is 38.3 Å². The van der Waals surface area contributed by atoms with E-state index in [1.54, 1.807) is 0 Å². The molecule has 96 valence electrons. The number of hydrogen-bond acceptors (Lipinski definition) is 4. The van der Waals surface area contributed by atoms with Gasteiger partial charge in [-0.1, -0.05) is 6.42 Å². The Labute approximate surface area is 99.0 Å². The van der Waals surface area contributed by atoms with E-state index in [1.807, 2.05) is 6.92 Å². The van der Waals surface area contributed by atoms with Gasteiger partial charge in [0.25, 0.3) is 0 Å². The van der Waals surface area contributed by atoms with Gasteiger partial charge in [-0.2, -0.15) is 0 Å². The van der Waals surface area contributed by atoms with E-state index in [0.717, 1.165) is 13.1 Å². The van der Waals surface area contributed by atoms with Crippen LogP contribution in [0.15, 0.2) is 0 Å². The van der Waals surface area contributed by atoms with Crippen molar-refractivity contribution in [2.75, 3.05) is 39.9 Å². The average Bonchev–Trinajstić information content (AvgIpc) is 2.27. The standard InChI is InChI=1S/C12H26N2O2/c1-3-16-10-12(15)9-14(2)8-11-6-4-5-7-13-11/h11-13,15H,3-10H2,1-2H3. The molecule has 0 saturated carbocycles. The summed E-state index contributed by atoms with van der Waals surface area (Å²) in [6.07, 6.45) is 3.51. The number of likely N-dealkylation sites (N-methyl/N-ethyl adjacent to an activating group) is 1. The second-order valence-electron chi connectivity index (χ2n) is 4.68. The monoisotopic (exact) mass is 230 g/mol. The third-order valence-electron chi connectivity index (χ3n) is 2.98. The molecule has 1 aliphatic rings.